The van der Waals surface area contributed by atoms with Gasteiger partial charge in [0.25, 0.3) is 5.91 Å². The number of alkyl halides is 3. The van der Waals surface area contributed by atoms with Crippen LogP contribution in [0.3, 0.4) is 0 Å². The molecule has 1 fully saturated rings. The van der Waals surface area contributed by atoms with Crippen LogP contribution in [0.4, 0.5) is 13.2 Å². The first-order valence-corrected chi connectivity index (χ1v) is 18.3. The first-order chi connectivity index (χ1) is 25.4. The van der Waals surface area contributed by atoms with E-state index in [0.29, 0.717) is 77.8 Å². The van der Waals surface area contributed by atoms with E-state index in [1.807, 2.05) is 18.2 Å². The third-order valence-corrected chi connectivity index (χ3v) is 10.7. The Morgan fingerprint density at radius 1 is 1.02 bits per heavy atom. The van der Waals surface area contributed by atoms with E-state index in [1.165, 1.54) is 7.11 Å². The number of hydrogen-bond acceptors (Lipinski definition) is 8. The van der Waals surface area contributed by atoms with Gasteiger partial charge in [0.2, 0.25) is 5.78 Å². The Morgan fingerprint density at radius 2 is 1.79 bits per heavy atom. The minimum atomic E-state index is -4.27. The second-order valence-corrected chi connectivity index (χ2v) is 14.3. The molecular weight excluding hydrogens is 730 g/mol. The van der Waals surface area contributed by atoms with Crippen molar-refractivity contribution in [3.8, 4) is 5.75 Å². The van der Waals surface area contributed by atoms with Crippen LogP contribution < -0.4 is 4.74 Å². The van der Waals surface area contributed by atoms with Crippen molar-refractivity contribution in [2.24, 2.45) is 21.4 Å². The number of benzene rings is 3. The zero-order chi connectivity index (χ0) is 37.7. The fourth-order valence-corrected chi connectivity index (χ4v) is 7.36. The van der Waals surface area contributed by atoms with Gasteiger partial charge >= 0.3 is 6.18 Å². The zero-order valence-corrected chi connectivity index (χ0v) is 30.9. The average Bonchev–Trinajstić information content (AvgIpc) is 3.82. The number of Topliss-reactive ketones (excluding diaryl/α,β-unsaturated/α-hetero) is 1. The summed E-state index contributed by atoms with van der Waals surface area (Å²) in [7, 11) is 3.27. The summed E-state index contributed by atoms with van der Waals surface area (Å²) in [6.45, 7) is 2.48. The molecule has 1 saturated heterocycles. The van der Waals surface area contributed by atoms with Crippen molar-refractivity contribution in [3.05, 3.63) is 93.2 Å². The summed E-state index contributed by atoms with van der Waals surface area (Å²) in [6.07, 6.45) is -1.83. The van der Waals surface area contributed by atoms with E-state index in [1.54, 1.807) is 65.2 Å². The largest absolute Gasteiger partial charge is 0.496 e. The highest BCUT2D eigenvalue weighted by Crippen LogP contribution is 2.32. The van der Waals surface area contributed by atoms with Crippen molar-refractivity contribution in [1.29, 1.82) is 0 Å². The van der Waals surface area contributed by atoms with Gasteiger partial charge in [-0.3, -0.25) is 9.59 Å². The van der Waals surface area contributed by atoms with Gasteiger partial charge in [0.05, 0.1) is 40.0 Å². The number of para-hydroxylation sites is 2. The third-order valence-electron chi connectivity index (χ3n) is 9.96. The molecule has 0 radical (unpaired) electrons. The van der Waals surface area contributed by atoms with E-state index in [-0.39, 0.29) is 48.4 Å². The minimum absolute atomic E-state index is 0.0621. The van der Waals surface area contributed by atoms with Gasteiger partial charge in [-0.25, -0.2) is 4.98 Å². The summed E-state index contributed by atoms with van der Waals surface area (Å²) in [6, 6.07) is 17.6. The zero-order valence-electron chi connectivity index (χ0n) is 29.4. The number of methoxy groups -OCH3 is 1. The monoisotopic (exact) mass is 769 g/mol. The number of halogens is 5. The Bertz CT molecular complexity index is 2000. The maximum Gasteiger partial charge on any atom is 0.389 e. The fraction of sp³-hybridized carbons (Fsp3) is 0.421. The maximum absolute atomic E-state index is 13.9. The van der Waals surface area contributed by atoms with Crippen LogP contribution in [-0.4, -0.2) is 83.8 Å². The Morgan fingerprint density at radius 3 is 2.49 bits per heavy atom. The van der Waals surface area contributed by atoms with Gasteiger partial charge < -0.3 is 19.1 Å². The molecule has 6 rings (SSSR count). The van der Waals surface area contributed by atoms with Crippen molar-refractivity contribution >= 4 is 52.1 Å². The van der Waals surface area contributed by atoms with Crippen molar-refractivity contribution in [1.82, 2.24) is 19.4 Å². The van der Waals surface area contributed by atoms with E-state index in [9.17, 15) is 22.8 Å². The van der Waals surface area contributed by atoms with Crippen molar-refractivity contribution in [2.75, 3.05) is 40.3 Å². The molecule has 2 aliphatic rings. The molecule has 3 heterocycles. The number of carbonyl (C=O) groups excluding carboxylic acids is 2. The molecule has 4 aromatic rings. The normalized spacial score (nSPS) is 17.1. The van der Waals surface area contributed by atoms with Crippen LogP contribution in [0.15, 0.2) is 76.1 Å². The standard InChI is InChI=1S/C38H40Cl2F3N7O3/c1-48(37(52)28-20-26(9-11-34(28)53-2)32-22-44-47-46-32)23-27(25-8-10-29(39)30(40)21-25)14-19-49-17-12-24(13-18-49)35(51)36-45-31-6-3-4-7-33(31)50(36)16-5-15-38(41,42)43/h3-4,6-11,20-22,24,27,32H,5,12-19,23H2,1-2H3. The number of hydrogen-bond donors (Lipinski definition) is 0. The minimum Gasteiger partial charge on any atom is -0.496 e. The van der Waals surface area contributed by atoms with Crippen LogP contribution >= 0.6 is 23.2 Å². The van der Waals surface area contributed by atoms with Crippen LogP contribution in [0.1, 0.15) is 76.2 Å². The number of rotatable bonds is 14. The molecule has 0 bridgehead atoms. The van der Waals surface area contributed by atoms with E-state index in [4.69, 9.17) is 27.9 Å². The molecular formula is C38H40Cl2F3N7O3. The number of piperidine rings is 1. The summed E-state index contributed by atoms with van der Waals surface area (Å²) in [4.78, 5) is 36.2. The van der Waals surface area contributed by atoms with Gasteiger partial charge in [0.1, 0.15) is 11.8 Å². The average molecular weight is 771 g/mol. The second kappa shape index (κ2) is 16.8. The molecule has 2 atom stereocenters. The van der Waals surface area contributed by atoms with Gasteiger partial charge in [0.15, 0.2) is 5.82 Å². The summed E-state index contributed by atoms with van der Waals surface area (Å²) in [5, 5.41) is 12.5. The number of amides is 1. The third kappa shape index (κ3) is 9.25. The molecule has 2 aliphatic heterocycles. The number of ketones is 1. The summed E-state index contributed by atoms with van der Waals surface area (Å²) < 4.78 is 46.0. The lowest BCUT2D eigenvalue weighted by Crippen LogP contribution is -2.39. The van der Waals surface area contributed by atoms with Crippen LogP contribution in [0, 0.1) is 5.92 Å². The molecule has 53 heavy (non-hydrogen) atoms. The number of fused-ring (bicyclic) bond motifs is 1. The van der Waals surface area contributed by atoms with E-state index in [0.717, 1.165) is 11.1 Å². The first kappa shape index (κ1) is 38.4. The van der Waals surface area contributed by atoms with Gasteiger partial charge in [0, 0.05) is 38.4 Å². The van der Waals surface area contributed by atoms with Crippen LogP contribution in [0.5, 0.6) is 5.75 Å². The highest BCUT2D eigenvalue weighted by Gasteiger charge is 2.32. The topological polar surface area (TPSA) is 105 Å². The number of nitrogens with zero attached hydrogens (tertiary/aromatic N) is 7. The van der Waals surface area contributed by atoms with Crippen molar-refractivity contribution < 1.29 is 27.5 Å². The van der Waals surface area contributed by atoms with Gasteiger partial charge in [-0.15, -0.1) is 5.10 Å². The molecule has 1 aromatic heterocycles. The fourth-order valence-electron chi connectivity index (χ4n) is 7.05. The quantitative estimate of drug-likeness (QED) is 0.119. The van der Waals surface area contributed by atoms with Crippen molar-refractivity contribution in [2.45, 2.75) is 56.8 Å². The number of aromatic nitrogens is 2. The molecule has 10 nitrogen and oxygen atoms in total. The predicted octanol–water partition coefficient (Wildman–Crippen LogP) is 9.03. The van der Waals surface area contributed by atoms with Gasteiger partial charge in [-0.05, 0) is 98.1 Å². The predicted molar refractivity (Wildman–Crippen MR) is 198 cm³/mol. The Labute approximate surface area is 315 Å². The highest BCUT2D eigenvalue weighted by atomic mass is 35.5. The highest BCUT2D eigenvalue weighted by molar-refractivity contribution is 6.42. The summed E-state index contributed by atoms with van der Waals surface area (Å²) >= 11 is 12.7. The number of likely N-dealkylation sites (tertiary alicyclic amines) is 1. The van der Waals surface area contributed by atoms with Crippen LogP contribution in [0.25, 0.3) is 11.0 Å². The number of imidazole rings is 1. The second-order valence-electron chi connectivity index (χ2n) is 13.5. The molecule has 280 valence electrons. The number of ether oxygens (including phenoxy) is 1. The maximum atomic E-state index is 13.9. The summed E-state index contributed by atoms with van der Waals surface area (Å²) in [5.41, 5.74) is 3.37. The number of aryl methyl sites for hydroxylation is 1. The Hall–Kier alpha value is -4.33. The lowest BCUT2D eigenvalue weighted by molar-refractivity contribution is -0.135. The molecule has 0 spiro atoms. The lowest BCUT2D eigenvalue weighted by atomic mass is 9.90. The lowest BCUT2D eigenvalue weighted by Gasteiger charge is -2.33. The summed E-state index contributed by atoms with van der Waals surface area (Å²) in [5.74, 6) is -0.0739. The molecule has 2 unspecified atom stereocenters. The van der Waals surface area contributed by atoms with E-state index >= 15 is 0 Å². The number of carbonyl (C=O) groups is 2. The van der Waals surface area contributed by atoms with Crippen molar-refractivity contribution in [3.63, 3.8) is 0 Å². The molecule has 0 saturated carbocycles. The van der Waals surface area contributed by atoms with Gasteiger partial charge in [-0.2, -0.15) is 18.3 Å². The van der Waals surface area contributed by atoms with Gasteiger partial charge in [-0.1, -0.05) is 47.5 Å². The molecule has 15 heteroatoms. The molecule has 3 aromatic carbocycles. The van der Waals surface area contributed by atoms with E-state index < -0.39 is 12.6 Å². The Balaban J connectivity index is 1.12. The smallest absolute Gasteiger partial charge is 0.389 e. The van der Waals surface area contributed by atoms with Crippen LogP contribution in [-0.2, 0) is 6.54 Å². The number of likely N-dealkylation sites (N-methyl/N-ethyl adjacent to an activating group) is 1. The van der Waals surface area contributed by atoms with E-state index in [2.05, 4.69) is 25.3 Å². The van der Waals surface area contributed by atoms with Crippen LogP contribution in [0.2, 0.25) is 10.0 Å². The molecule has 1 amide bonds. The first-order valence-electron chi connectivity index (χ1n) is 17.5. The Kier molecular flexibility index (Phi) is 12.2. The SMILES string of the molecule is COc1ccc(C2C=NN=N2)cc1C(=O)N(C)CC(CCN1CCC(C(=O)c2nc3ccccc3n2CCCC(F)(F)F)CC1)c1ccc(Cl)c(Cl)c1. The molecule has 0 aliphatic carbocycles. The molecule has 0 N–H and O–H groups in total.